The van der Waals surface area contributed by atoms with Crippen molar-refractivity contribution in [3.8, 4) is 0 Å². The number of halogens is 1. The van der Waals surface area contributed by atoms with Crippen molar-refractivity contribution in [1.82, 2.24) is 5.32 Å². The van der Waals surface area contributed by atoms with Crippen molar-refractivity contribution >= 4 is 23.5 Å². The summed E-state index contributed by atoms with van der Waals surface area (Å²) in [4.78, 5) is 22.2. The van der Waals surface area contributed by atoms with E-state index in [1.54, 1.807) is 18.2 Å². The lowest BCUT2D eigenvalue weighted by Gasteiger charge is -2.21. The molecular weight excluding hydrogens is 234 g/mol. The van der Waals surface area contributed by atoms with Crippen LogP contribution in [0.25, 0.3) is 0 Å². The third kappa shape index (κ3) is 2.71. The molecule has 5 nitrogen and oxygen atoms in total. The van der Waals surface area contributed by atoms with Gasteiger partial charge in [0.15, 0.2) is 0 Å². The molecule has 6 heteroatoms. The summed E-state index contributed by atoms with van der Waals surface area (Å²) in [7, 11) is 0. The molecule has 0 aromatic heterocycles. The van der Waals surface area contributed by atoms with Gasteiger partial charge < -0.3 is 15.5 Å². The highest BCUT2D eigenvalue weighted by Crippen LogP contribution is 2.06. The van der Waals surface area contributed by atoms with E-state index in [-0.39, 0.29) is 5.56 Å². The van der Waals surface area contributed by atoms with E-state index in [0.29, 0.717) is 0 Å². The van der Waals surface area contributed by atoms with Crippen LogP contribution in [0.4, 0.5) is 0 Å². The monoisotopic (exact) mass is 243 g/mol. The molecule has 0 radical (unpaired) electrons. The third-order valence-electron chi connectivity index (χ3n) is 1.90. The molecule has 86 valence electrons. The predicted molar refractivity (Wildman–Crippen MR) is 57.2 cm³/mol. The van der Waals surface area contributed by atoms with Gasteiger partial charge in [-0.25, -0.2) is 4.79 Å². The number of aliphatic hydroxyl groups is 1. The summed E-state index contributed by atoms with van der Waals surface area (Å²) in [5, 5.41) is 20.1. The smallest absolute Gasteiger partial charge is 0.358 e. The minimum atomic E-state index is -2.45. The fourth-order valence-electron chi connectivity index (χ4n) is 0.994. The Kier molecular flexibility index (Phi) is 3.87. The molecule has 3 N–H and O–H groups in total. The number of carbonyl (C=O) groups is 2. The molecule has 1 amide bonds. The highest BCUT2D eigenvalue weighted by molar-refractivity contribution is 6.20. The quantitative estimate of drug-likeness (QED) is 0.529. The number of benzene rings is 1. The maximum absolute atomic E-state index is 11.5. The zero-order valence-electron chi connectivity index (χ0n) is 8.18. The van der Waals surface area contributed by atoms with Crippen LogP contribution in [0.15, 0.2) is 30.3 Å². The van der Waals surface area contributed by atoms with Gasteiger partial charge in [-0.3, -0.25) is 4.79 Å². The van der Waals surface area contributed by atoms with Crippen molar-refractivity contribution in [3.63, 3.8) is 0 Å². The van der Waals surface area contributed by atoms with Crippen molar-refractivity contribution < 1.29 is 19.8 Å². The Morgan fingerprint density at radius 3 is 2.31 bits per heavy atom. The number of alkyl halides is 1. The van der Waals surface area contributed by atoms with E-state index in [0.717, 1.165) is 0 Å². The van der Waals surface area contributed by atoms with Crippen molar-refractivity contribution in [2.45, 2.75) is 5.72 Å². The first-order chi connectivity index (χ1) is 7.49. The van der Waals surface area contributed by atoms with Gasteiger partial charge in [0.1, 0.15) is 0 Å². The number of carboxylic acids is 1. The van der Waals surface area contributed by atoms with Gasteiger partial charge in [0, 0.05) is 5.56 Å². The fraction of sp³-hybridized carbons (Fsp3) is 0.200. The first-order valence-electron chi connectivity index (χ1n) is 4.39. The fourth-order valence-corrected chi connectivity index (χ4v) is 1.17. The number of carbonyl (C=O) groups excluding carboxylic acids is 1. The Hall–Kier alpha value is -1.59. The zero-order chi connectivity index (χ0) is 12.2. The second-order valence-corrected chi connectivity index (χ2v) is 3.39. The maximum Gasteiger partial charge on any atom is 0.358 e. The number of nitrogens with one attached hydrogen (secondary N) is 1. The SMILES string of the molecule is O=C(N[C@@](O)(CCl)C(=O)O)c1ccccc1. The van der Waals surface area contributed by atoms with Crippen LogP contribution < -0.4 is 5.32 Å². The highest BCUT2D eigenvalue weighted by Gasteiger charge is 2.37. The van der Waals surface area contributed by atoms with E-state index in [1.807, 2.05) is 5.32 Å². The molecule has 0 fully saturated rings. The molecule has 1 aromatic carbocycles. The summed E-state index contributed by atoms with van der Waals surface area (Å²) in [5.74, 6) is -2.95. The molecular formula is C10H10ClNO4. The first kappa shape index (κ1) is 12.5. The van der Waals surface area contributed by atoms with Gasteiger partial charge in [0.25, 0.3) is 11.6 Å². The van der Waals surface area contributed by atoms with Gasteiger partial charge >= 0.3 is 5.97 Å². The molecule has 1 aromatic rings. The van der Waals surface area contributed by atoms with Gasteiger partial charge in [0.05, 0.1) is 5.88 Å². The van der Waals surface area contributed by atoms with E-state index in [2.05, 4.69) is 0 Å². The Morgan fingerprint density at radius 1 is 1.31 bits per heavy atom. The second-order valence-electron chi connectivity index (χ2n) is 3.12. The Morgan fingerprint density at radius 2 is 1.88 bits per heavy atom. The summed E-state index contributed by atoms with van der Waals surface area (Å²) in [6.45, 7) is 0. The summed E-state index contributed by atoms with van der Waals surface area (Å²) < 4.78 is 0. The number of rotatable bonds is 4. The Balaban J connectivity index is 2.82. The van der Waals surface area contributed by atoms with Gasteiger partial charge in [-0.15, -0.1) is 11.6 Å². The van der Waals surface area contributed by atoms with Crippen LogP contribution in [0.3, 0.4) is 0 Å². The van der Waals surface area contributed by atoms with E-state index in [1.165, 1.54) is 12.1 Å². The average Bonchev–Trinajstić information content (AvgIpc) is 2.29. The molecule has 0 heterocycles. The number of hydrogen-bond donors (Lipinski definition) is 3. The van der Waals surface area contributed by atoms with Gasteiger partial charge in [-0.05, 0) is 12.1 Å². The molecule has 0 unspecified atom stereocenters. The third-order valence-corrected chi connectivity index (χ3v) is 2.29. The lowest BCUT2D eigenvalue weighted by atomic mass is 10.2. The topological polar surface area (TPSA) is 86.6 Å². The molecule has 0 aliphatic rings. The standard InChI is InChI=1S/C10H10ClNO4/c11-6-10(16,9(14)15)12-8(13)7-4-2-1-3-5-7/h1-5,16H,6H2,(H,12,13)(H,14,15)/t10-/m1/s1. The predicted octanol–water partition coefficient (Wildman–Crippen LogP) is 0.428. The lowest BCUT2D eigenvalue weighted by molar-refractivity contribution is -0.158. The number of aliphatic carboxylic acids is 1. The molecule has 1 rings (SSSR count). The van der Waals surface area contributed by atoms with Crippen LogP contribution in [-0.4, -0.2) is 33.7 Å². The van der Waals surface area contributed by atoms with Gasteiger partial charge in [0.2, 0.25) is 0 Å². The zero-order valence-corrected chi connectivity index (χ0v) is 8.94. The van der Waals surface area contributed by atoms with E-state index in [4.69, 9.17) is 16.7 Å². The van der Waals surface area contributed by atoms with Gasteiger partial charge in [-0.1, -0.05) is 18.2 Å². The largest absolute Gasteiger partial charge is 0.478 e. The first-order valence-corrected chi connectivity index (χ1v) is 4.92. The van der Waals surface area contributed by atoms with Crippen LogP contribution in [0.5, 0.6) is 0 Å². The average molecular weight is 244 g/mol. The Labute approximate surface area is 96.7 Å². The summed E-state index contributed by atoms with van der Waals surface area (Å²) >= 11 is 5.29. The van der Waals surface area contributed by atoms with E-state index in [9.17, 15) is 14.7 Å². The van der Waals surface area contributed by atoms with Crippen LogP contribution in [0.2, 0.25) is 0 Å². The number of carboxylic acid groups (broad SMARTS) is 1. The van der Waals surface area contributed by atoms with Crippen molar-refractivity contribution in [2.24, 2.45) is 0 Å². The van der Waals surface area contributed by atoms with Crippen molar-refractivity contribution in [1.29, 1.82) is 0 Å². The summed E-state index contributed by atoms with van der Waals surface area (Å²) in [6.07, 6.45) is 0. The van der Waals surface area contributed by atoms with Crippen LogP contribution >= 0.6 is 11.6 Å². The van der Waals surface area contributed by atoms with Crippen LogP contribution in [-0.2, 0) is 4.79 Å². The maximum atomic E-state index is 11.5. The molecule has 16 heavy (non-hydrogen) atoms. The Bertz CT molecular complexity index is 395. The molecule has 0 aliphatic carbocycles. The van der Waals surface area contributed by atoms with Crippen LogP contribution in [0, 0.1) is 0 Å². The lowest BCUT2D eigenvalue weighted by Crippen LogP contribution is -2.56. The van der Waals surface area contributed by atoms with Crippen molar-refractivity contribution in [3.05, 3.63) is 35.9 Å². The summed E-state index contributed by atoms with van der Waals surface area (Å²) in [5.41, 5.74) is -2.21. The van der Waals surface area contributed by atoms with E-state index >= 15 is 0 Å². The minimum Gasteiger partial charge on any atom is -0.478 e. The molecule has 0 bridgehead atoms. The molecule has 0 saturated heterocycles. The highest BCUT2D eigenvalue weighted by atomic mass is 35.5. The number of amides is 1. The summed E-state index contributed by atoms with van der Waals surface area (Å²) in [6, 6.07) is 7.93. The molecule has 1 atom stereocenters. The van der Waals surface area contributed by atoms with Crippen molar-refractivity contribution in [2.75, 3.05) is 5.88 Å². The molecule has 0 aliphatic heterocycles. The number of hydrogen-bond acceptors (Lipinski definition) is 3. The van der Waals surface area contributed by atoms with E-state index < -0.39 is 23.5 Å². The van der Waals surface area contributed by atoms with Crippen LogP contribution in [0.1, 0.15) is 10.4 Å². The molecule has 0 spiro atoms. The van der Waals surface area contributed by atoms with Gasteiger partial charge in [-0.2, -0.15) is 0 Å². The molecule has 0 saturated carbocycles. The minimum absolute atomic E-state index is 0.243. The normalized spacial score (nSPS) is 13.9. The second kappa shape index (κ2) is 4.96.